The first-order valence-electron chi connectivity index (χ1n) is 8.10. The molecule has 3 aromatic rings. The maximum Gasteiger partial charge on any atom is 0.224 e. The summed E-state index contributed by atoms with van der Waals surface area (Å²) < 4.78 is 5.31. The third-order valence-corrected chi connectivity index (χ3v) is 3.96. The lowest BCUT2D eigenvalue weighted by atomic mass is 10.1. The highest BCUT2D eigenvalue weighted by Crippen LogP contribution is 2.20. The van der Waals surface area contributed by atoms with Crippen molar-refractivity contribution in [3.05, 3.63) is 53.9 Å². The summed E-state index contributed by atoms with van der Waals surface area (Å²) in [5, 5.41) is 2.94. The number of ether oxygens (including phenoxy) is 1. The van der Waals surface area contributed by atoms with Gasteiger partial charge in [-0.3, -0.25) is 4.79 Å². The van der Waals surface area contributed by atoms with E-state index in [2.05, 4.69) is 22.2 Å². The zero-order valence-electron chi connectivity index (χ0n) is 13.9. The van der Waals surface area contributed by atoms with Crippen LogP contribution in [0.15, 0.2) is 42.5 Å². The molecule has 1 heterocycles. The summed E-state index contributed by atoms with van der Waals surface area (Å²) >= 11 is 0. The van der Waals surface area contributed by atoms with E-state index in [0.717, 1.165) is 40.3 Å². The van der Waals surface area contributed by atoms with E-state index in [1.165, 1.54) is 0 Å². The van der Waals surface area contributed by atoms with Crippen LogP contribution in [0.25, 0.3) is 11.0 Å². The van der Waals surface area contributed by atoms with Crippen LogP contribution in [0.2, 0.25) is 0 Å². The zero-order chi connectivity index (χ0) is 16.9. The molecular formula is C19H21N3O2. The van der Waals surface area contributed by atoms with Gasteiger partial charge >= 0.3 is 0 Å². The summed E-state index contributed by atoms with van der Waals surface area (Å²) in [6.45, 7) is 2.05. The van der Waals surface area contributed by atoms with Gasteiger partial charge in [-0.1, -0.05) is 25.1 Å². The van der Waals surface area contributed by atoms with Crippen LogP contribution in [0, 0.1) is 0 Å². The number of hydrogen-bond acceptors (Lipinski definition) is 3. The number of methoxy groups -OCH3 is 1. The van der Waals surface area contributed by atoms with Crippen molar-refractivity contribution in [2.45, 2.75) is 26.2 Å². The van der Waals surface area contributed by atoms with Crippen LogP contribution in [0.1, 0.15) is 24.7 Å². The van der Waals surface area contributed by atoms with Crippen molar-refractivity contribution in [2.75, 3.05) is 12.4 Å². The molecule has 0 fully saturated rings. The van der Waals surface area contributed by atoms with Gasteiger partial charge in [-0.2, -0.15) is 0 Å². The normalized spacial score (nSPS) is 10.8. The molecule has 0 saturated heterocycles. The number of nitrogens with one attached hydrogen (secondary N) is 2. The average Bonchev–Trinajstić information content (AvgIpc) is 3.02. The fraction of sp³-hybridized carbons (Fsp3) is 0.263. The smallest absolute Gasteiger partial charge is 0.224 e. The predicted molar refractivity (Wildman–Crippen MR) is 95.4 cm³/mol. The highest BCUT2D eigenvalue weighted by molar-refractivity contribution is 5.93. The van der Waals surface area contributed by atoms with Gasteiger partial charge in [0.05, 0.1) is 18.1 Å². The van der Waals surface area contributed by atoms with E-state index in [4.69, 9.17) is 4.74 Å². The van der Waals surface area contributed by atoms with E-state index in [1.54, 1.807) is 7.11 Å². The summed E-state index contributed by atoms with van der Waals surface area (Å²) in [5.74, 6) is 1.75. The number of hydrogen-bond donors (Lipinski definition) is 2. The fourth-order valence-corrected chi connectivity index (χ4v) is 2.69. The second kappa shape index (κ2) is 7.17. The Balaban J connectivity index is 1.64. The van der Waals surface area contributed by atoms with Crippen LogP contribution in [0.3, 0.4) is 0 Å². The molecule has 0 bridgehead atoms. The number of carbonyl (C=O) groups excluding carboxylic acids is 1. The van der Waals surface area contributed by atoms with E-state index in [1.807, 2.05) is 42.5 Å². The van der Waals surface area contributed by atoms with Crippen LogP contribution in [0.5, 0.6) is 5.75 Å². The molecule has 1 aromatic heterocycles. The van der Waals surface area contributed by atoms with Crippen molar-refractivity contribution in [3.8, 4) is 5.75 Å². The molecule has 0 aliphatic heterocycles. The highest BCUT2D eigenvalue weighted by atomic mass is 16.5. The number of amides is 1. The van der Waals surface area contributed by atoms with Crippen LogP contribution in [0.4, 0.5) is 5.69 Å². The number of carbonyl (C=O) groups is 1. The number of nitrogens with zero attached hydrogens (tertiary/aromatic N) is 1. The zero-order valence-corrected chi connectivity index (χ0v) is 13.9. The second-order valence-corrected chi connectivity index (χ2v) is 5.63. The lowest BCUT2D eigenvalue weighted by Crippen LogP contribution is -2.12. The van der Waals surface area contributed by atoms with Gasteiger partial charge in [0.25, 0.3) is 0 Å². The Hall–Kier alpha value is -2.82. The third kappa shape index (κ3) is 3.56. The minimum Gasteiger partial charge on any atom is -0.496 e. The molecule has 0 saturated carbocycles. The number of aromatic nitrogens is 2. The largest absolute Gasteiger partial charge is 0.496 e. The minimum absolute atomic E-state index is 0.0181. The molecule has 0 unspecified atom stereocenters. The second-order valence-electron chi connectivity index (χ2n) is 5.63. The maximum atomic E-state index is 12.2. The molecule has 3 rings (SSSR count). The number of H-pyrrole nitrogens is 1. The first kappa shape index (κ1) is 16.1. The van der Waals surface area contributed by atoms with Crippen molar-refractivity contribution < 1.29 is 9.53 Å². The summed E-state index contributed by atoms with van der Waals surface area (Å²) in [4.78, 5) is 19.9. The molecule has 0 atom stereocenters. The molecule has 24 heavy (non-hydrogen) atoms. The van der Waals surface area contributed by atoms with Gasteiger partial charge in [0.2, 0.25) is 5.91 Å². The standard InChI is InChI=1S/C19H21N3O2/c1-3-18-21-15-10-9-14(12-16(15)22-18)20-19(23)11-8-13-6-4-5-7-17(13)24-2/h4-7,9-10,12H,3,8,11H2,1-2H3,(H,20,23)(H,21,22). The molecule has 2 aromatic carbocycles. The van der Waals surface area contributed by atoms with Crippen molar-refractivity contribution in [3.63, 3.8) is 0 Å². The lowest BCUT2D eigenvalue weighted by Gasteiger charge is -2.08. The molecule has 2 N–H and O–H groups in total. The molecule has 0 aliphatic carbocycles. The van der Waals surface area contributed by atoms with Crippen LogP contribution < -0.4 is 10.1 Å². The predicted octanol–water partition coefficient (Wildman–Crippen LogP) is 3.71. The average molecular weight is 323 g/mol. The summed E-state index contributed by atoms with van der Waals surface area (Å²) in [5.41, 5.74) is 3.67. The van der Waals surface area contributed by atoms with Gasteiger partial charge in [0, 0.05) is 18.5 Å². The molecule has 5 heteroatoms. The van der Waals surface area contributed by atoms with Crippen LogP contribution >= 0.6 is 0 Å². The number of aromatic amines is 1. The van der Waals surface area contributed by atoms with Crippen molar-refractivity contribution in [2.24, 2.45) is 0 Å². The number of fused-ring (bicyclic) bond motifs is 1. The lowest BCUT2D eigenvalue weighted by molar-refractivity contribution is -0.116. The van der Waals surface area contributed by atoms with Gasteiger partial charge in [-0.05, 0) is 36.2 Å². The Bertz CT molecular complexity index is 855. The van der Waals surface area contributed by atoms with E-state index < -0.39 is 0 Å². The van der Waals surface area contributed by atoms with Crippen LogP contribution in [-0.2, 0) is 17.6 Å². The van der Waals surface area contributed by atoms with E-state index in [0.29, 0.717) is 12.8 Å². The van der Waals surface area contributed by atoms with Gasteiger partial charge in [-0.25, -0.2) is 4.98 Å². The molecule has 0 spiro atoms. The number of benzene rings is 2. The molecule has 124 valence electrons. The van der Waals surface area contributed by atoms with Crippen molar-refractivity contribution in [1.82, 2.24) is 9.97 Å². The Labute approximate surface area is 141 Å². The molecule has 5 nitrogen and oxygen atoms in total. The fourth-order valence-electron chi connectivity index (χ4n) is 2.69. The Morgan fingerprint density at radius 2 is 2.08 bits per heavy atom. The number of para-hydroxylation sites is 1. The summed E-state index contributed by atoms with van der Waals surface area (Å²) in [7, 11) is 1.64. The van der Waals surface area contributed by atoms with Crippen LogP contribution in [-0.4, -0.2) is 23.0 Å². The Morgan fingerprint density at radius 1 is 1.25 bits per heavy atom. The first-order chi connectivity index (χ1) is 11.7. The SMILES string of the molecule is CCc1nc2ccc(NC(=O)CCc3ccccc3OC)cc2[nH]1. The quantitative estimate of drug-likeness (QED) is 0.727. The Morgan fingerprint density at radius 3 is 2.88 bits per heavy atom. The molecule has 1 amide bonds. The number of imidazole rings is 1. The van der Waals surface area contributed by atoms with Gasteiger partial charge < -0.3 is 15.0 Å². The molecule has 0 aliphatic rings. The van der Waals surface area contributed by atoms with E-state index in [9.17, 15) is 4.79 Å². The van der Waals surface area contributed by atoms with Gasteiger partial charge in [0.15, 0.2) is 0 Å². The maximum absolute atomic E-state index is 12.2. The number of rotatable bonds is 6. The summed E-state index contributed by atoms with van der Waals surface area (Å²) in [6, 6.07) is 13.5. The number of anilines is 1. The Kier molecular flexibility index (Phi) is 4.79. The monoisotopic (exact) mass is 323 g/mol. The van der Waals surface area contributed by atoms with Gasteiger partial charge in [-0.15, -0.1) is 0 Å². The van der Waals surface area contributed by atoms with Crippen molar-refractivity contribution >= 4 is 22.6 Å². The van der Waals surface area contributed by atoms with Crippen molar-refractivity contribution in [1.29, 1.82) is 0 Å². The molecule has 0 radical (unpaired) electrons. The van der Waals surface area contributed by atoms with E-state index in [-0.39, 0.29) is 5.91 Å². The van der Waals surface area contributed by atoms with E-state index >= 15 is 0 Å². The highest BCUT2D eigenvalue weighted by Gasteiger charge is 2.08. The number of aryl methyl sites for hydroxylation is 2. The first-order valence-corrected chi connectivity index (χ1v) is 8.10. The minimum atomic E-state index is -0.0181. The van der Waals surface area contributed by atoms with Gasteiger partial charge in [0.1, 0.15) is 11.6 Å². The molecular weight excluding hydrogens is 302 g/mol. The topological polar surface area (TPSA) is 67.0 Å². The summed E-state index contributed by atoms with van der Waals surface area (Å²) in [6.07, 6.45) is 1.90. The third-order valence-electron chi connectivity index (χ3n) is 3.96.